The lowest BCUT2D eigenvalue weighted by Crippen LogP contribution is -2.35. The smallest absolute Gasteiger partial charge is 0.304 e. The van der Waals surface area contributed by atoms with Gasteiger partial charge in [-0.05, 0) is 13.0 Å². The number of sulfonamides is 1. The molecular weight excluding hydrogens is 267 g/mol. The number of nitrogens with one attached hydrogen (secondary N) is 1. The van der Waals surface area contributed by atoms with Crippen LogP contribution in [0.2, 0.25) is 0 Å². The molecule has 1 rings (SSSR count). The number of hydrogen-bond acceptors (Lipinski definition) is 5. The standard InChI is InChI=1S/C9H11FN2O5S/c1-6(5-13)11-18(16,17)7-2-3-9(12(14)15)8(10)4-7/h2-4,6,11,13H,5H2,1H3/t6-/m0/s1. The summed E-state index contributed by atoms with van der Waals surface area (Å²) in [5.74, 6) is -1.24. The molecule has 2 N–H and O–H groups in total. The van der Waals surface area contributed by atoms with Crippen LogP contribution in [0.3, 0.4) is 0 Å². The predicted octanol–water partition coefficient (Wildman–Crippen LogP) is 0.393. The summed E-state index contributed by atoms with van der Waals surface area (Å²) in [6, 6.07) is 1.51. The third-order valence-electron chi connectivity index (χ3n) is 2.06. The molecule has 1 aromatic rings. The van der Waals surface area contributed by atoms with E-state index >= 15 is 0 Å². The number of nitro benzene ring substituents is 1. The number of nitrogens with zero attached hydrogens (tertiary/aromatic N) is 1. The fraction of sp³-hybridized carbons (Fsp3) is 0.333. The van der Waals surface area contributed by atoms with Gasteiger partial charge in [-0.3, -0.25) is 10.1 Å². The highest BCUT2D eigenvalue weighted by Crippen LogP contribution is 2.20. The highest BCUT2D eigenvalue weighted by atomic mass is 32.2. The molecule has 0 heterocycles. The zero-order valence-electron chi connectivity index (χ0n) is 9.33. The first kappa shape index (κ1) is 14.5. The molecule has 0 amide bonds. The second kappa shape index (κ2) is 5.38. The van der Waals surface area contributed by atoms with Crippen molar-refractivity contribution >= 4 is 15.7 Å². The number of hydrogen-bond donors (Lipinski definition) is 2. The lowest BCUT2D eigenvalue weighted by atomic mass is 10.3. The van der Waals surface area contributed by atoms with Crippen LogP contribution in [0, 0.1) is 15.9 Å². The molecule has 0 unspecified atom stereocenters. The lowest BCUT2D eigenvalue weighted by Gasteiger charge is -2.11. The van der Waals surface area contributed by atoms with Crippen molar-refractivity contribution in [3.05, 3.63) is 34.1 Å². The quantitative estimate of drug-likeness (QED) is 0.598. The van der Waals surface area contributed by atoms with Gasteiger partial charge in [0.2, 0.25) is 15.8 Å². The summed E-state index contributed by atoms with van der Waals surface area (Å²) in [5, 5.41) is 19.1. The van der Waals surface area contributed by atoms with Gasteiger partial charge in [0.1, 0.15) is 0 Å². The van der Waals surface area contributed by atoms with E-state index in [-0.39, 0.29) is 0 Å². The Labute approximate surface area is 102 Å². The van der Waals surface area contributed by atoms with Crippen molar-refractivity contribution < 1.29 is 22.8 Å². The van der Waals surface area contributed by atoms with Crippen LogP contribution in [0.15, 0.2) is 23.1 Å². The fourth-order valence-corrected chi connectivity index (χ4v) is 2.42. The van der Waals surface area contributed by atoms with E-state index in [0.717, 1.165) is 12.1 Å². The molecular formula is C9H11FN2O5S. The fourth-order valence-electron chi connectivity index (χ4n) is 1.17. The van der Waals surface area contributed by atoms with Crippen LogP contribution in [0.1, 0.15) is 6.92 Å². The van der Waals surface area contributed by atoms with Gasteiger partial charge in [0.15, 0.2) is 0 Å². The normalized spacial score (nSPS) is 13.3. The Morgan fingerprint density at radius 1 is 1.56 bits per heavy atom. The van der Waals surface area contributed by atoms with E-state index in [1.54, 1.807) is 0 Å². The Kier molecular flexibility index (Phi) is 4.33. The Bertz CT molecular complexity index is 560. The molecule has 9 heteroatoms. The van der Waals surface area contributed by atoms with Gasteiger partial charge < -0.3 is 5.11 Å². The predicted molar refractivity (Wildman–Crippen MR) is 59.9 cm³/mol. The van der Waals surface area contributed by atoms with Gasteiger partial charge in [0.05, 0.1) is 16.4 Å². The van der Waals surface area contributed by atoms with Gasteiger partial charge in [0, 0.05) is 18.2 Å². The van der Waals surface area contributed by atoms with E-state index in [1.165, 1.54) is 6.92 Å². The molecule has 0 spiro atoms. The Morgan fingerprint density at radius 2 is 2.17 bits per heavy atom. The molecule has 0 aliphatic heterocycles. The van der Waals surface area contributed by atoms with Crippen LogP contribution >= 0.6 is 0 Å². The number of aliphatic hydroxyl groups is 1. The molecule has 1 aromatic carbocycles. The molecule has 0 aliphatic rings. The molecule has 7 nitrogen and oxygen atoms in total. The number of nitro groups is 1. The molecule has 0 aromatic heterocycles. The van der Waals surface area contributed by atoms with Crippen LogP contribution in [-0.2, 0) is 10.0 Å². The second-order valence-electron chi connectivity index (χ2n) is 3.58. The van der Waals surface area contributed by atoms with Crippen LogP contribution in [-0.4, -0.2) is 31.1 Å². The van der Waals surface area contributed by atoms with Crippen molar-refractivity contribution in [3.8, 4) is 0 Å². The van der Waals surface area contributed by atoms with Crippen molar-refractivity contribution in [2.24, 2.45) is 0 Å². The SMILES string of the molecule is C[C@@H](CO)NS(=O)(=O)c1ccc([N+](=O)[O-])c(F)c1. The van der Waals surface area contributed by atoms with Crippen molar-refractivity contribution in [1.82, 2.24) is 4.72 Å². The van der Waals surface area contributed by atoms with Crippen molar-refractivity contribution in [2.45, 2.75) is 17.9 Å². The average Bonchev–Trinajstić information content (AvgIpc) is 2.27. The maximum absolute atomic E-state index is 13.3. The van der Waals surface area contributed by atoms with Gasteiger partial charge in [0.25, 0.3) is 0 Å². The van der Waals surface area contributed by atoms with Crippen LogP contribution in [0.5, 0.6) is 0 Å². The van der Waals surface area contributed by atoms with Crippen molar-refractivity contribution in [2.75, 3.05) is 6.61 Å². The minimum atomic E-state index is -4.01. The van der Waals surface area contributed by atoms with E-state index in [2.05, 4.69) is 4.72 Å². The summed E-state index contributed by atoms with van der Waals surface area (Å²) in [6.45, 7) is 0.994. The van der Waals surface area contributed by atoms with E-state index in [0.29, 0.717) is 6.07 Å². The average molecular weight is 278 g/mol. The maximum atomic E-state index is 13.3. The highest BCUT2D eigenvalue weighted by Gasteiger charge is 2.21. The summed E-state index contributed by atoms with van der Waals surface area (Å²) < 4.78 is 38.7. The second-order valence-corrected chi connectivity index (χ2v) is 5.29. The number of benzene rings is 1. The third-order valence-corrected chi connectivity index (χ3v) is 3.64. The summed E-state index contributed by atoms with van der Waals surface area (Å²) >= 11 is 0. The number of rotatable bonds is 5. The van der Waals surface area contributed by atoms with E-state index in [9.17, 15) is 22.9 Å². The molecule has 0 radical (unpaired) electrons. The summed E-state index contributed by atoms with van der Waals surface area (Å²) in [4.78, 5) is 8.99. The molecule has 0 aliphatic carbocycles. The van der Waals surface area contributed by atoms with Gasteiger partial charge in [-0.15, -0.1) is 0 Å². The first-order chi connectivity index (χ1) is 8.27. The Hall–Kier alpha value is -1.58. The zero-order chi connectivity index (χ0) is 13.9. The molecule has 1 atom stereocenters. The monoisotopic (exact) mass is 278 g/mol. The van der Waals surface area contributed by atoms with E-state index in [1.807, 2.05) is 0 Å². The number of aliphatic hydroxyl groups excluding tert-OH is 1. The molecule has 0 saturated carbocycles. The summed E-state index contributed by atoms with van der Waals surface area (Å²) in [6.07, 6.45) is 0. The highest BCUT2D eigenvalue weighted by molar-refractivity contribution is 7.89. The molecule has 18 heavy (non-hydrogen) atoms. The van der Waals surface area contributed by atoms with Crippen molar-refractivity contribution in [1.29, 1.82) is 0 Å². The Morgan fingerprint density at radius 3 is 2.61 bits per heavy atom. The summed E-state index contributed by atoms with van der Waals surface area (Å²) in [7, 11) is -4.01. The van der Waals surface area contributed by atoms with Gasteiger partial charge >= 0.3 is 5.69 Å². The molecule has 0 saturated heterocycles. The van der Waals surface area contributed by atoms with Crippen molar-refractivity contribution in [3.63, 3.8) is 0 Å². The first-order valence-electron chi connectivity index (χ1n) is 4.85. The third kappa shape index (κ3) is 3.22. The van der Waals surface area contributed by atoms with E-state index in [4.69, 9.17) is 5.11 Å². The molecule has 0 fully saturated rings. The van der Waals surface area contributed by atoms with Gasteiger partial charge in [-0.2, -0.15) is 4.39 Å². The topological polar surface area (TPSA) is 110 Å². The van der Waals surface area contributed by atoms with Crippen LogP contribution in [0.25, 0.3) is 0 Å². The molecule has 0 bridgehead atoms. The first-order valence-corrected chi connectivity index (χ1v) is 6.33. The van der Waals surface area contributed by atoms with Gasteiger partial charge in [-0.25, -0.2) is 13.1 Å². The van der Waals surface area contributed by atoms with E-state index < -0.39 is 44.0 Å². The molecule has 100 valence electrons. The zero-order valence-corrected chi connectivity index (χ0v) is 10.1. The largest absolute Gasteiger partial charge is 0.395 e. The minimum Gasteiger partial charge on any atom is -0.395 e. The van der Waals surface area contributed by atoms with Crippen LogP contribution in [0.4, 0.5) is 10.1 Å². The summed E-state index contributed by atoms with van der Waals surface area (Å²) in [5.41, 5.74) is -0.802. The van der Waals surface area contributed by atoms with Gasteiger partial charge in [-0.1, -0.05) is 0 Å². The minimum absolute atomic E-state index is 0.422. The Balaban J connectivity index is 3.12. The number of halogens is 1. The van der Waals surface area contributed by atoms with Crippen LogP contribution < -0.4 is 4.72 Å². The lowest BCUT2D eigenvalue weighted by molar-refractivity contribution is -0.387. The maximum Gasteiger partial charge on any atom is 0.304 e.